The van der Waals surface area contributed by atoms with Gasteiger partial charge in [-0.15, -0.1) is 12.4 Å². The molecule has 0 spiro atoms. The zero-order valence-corrected chi connectivity index (χ0v) is 7.72. The van der Waals surface area contributed by atoms with Crippen LogP contribution in [0.2, 0.25) is 0 Å². The third kappa shape index (κ3) is 1.21. The Balaban J connectivity index is 0.000000720. The van der Waals surface area contributed by atoms with Crippen molar-refractivity contribution in [1.82, 2.24) is 0 Å². The molecule has 0 aromatic heterocycles. The van der Waals surface area contributed by atoms with Crippen molar-refractivity contribution in [3.8, 4) is 0 Å². The Morgan fingerprint density at radius 1 is 1.25 bits per heavy atom. The van der Waals surface area contributed by atoms with Crippen molar-refractivity contribution in [3.63, 3.8) is 0 Å². The van der Waals surface area contributed by atoms with E-state index in [4.69, 9.17) is 11.5 Å². The maximum absolute atomic E-state index is 10.9. The third-order valence-corrected chi connectivity index (χ3v) is 3.31. The normalized spacial score (nSPS) is 44.1. The van der Waals surface area contributed by atoms with Crippen molar-refractivity contribution in [2.75, 3.05) is 0 Å². The first kappa shape index (κ1) is 9.81. The van der Waals surface area contributed by atoms with Crippen LogP contribution in [0.3, 0.4) is 0 Å². The van der Waals surface area contributed by atoms with Gasteiger partial charge in [-0.2, -0.15) is 0 Å². The average Bonchev–Trinajstić information content (AvgIpc) is 2.44. The van der Waals surface area contributed by atoms with E-state index in [9.17, 15) is 4.79 Å². The lowest BCUT2D eigenvalue weighted by atomic mass is 9.84. The van der Waals surface area contributed by atoms with E-state index in [2.05, 4.69) is 0 Å². The second kappa shape index (κ2) is 3.23. The van der Waals surface area contributed by atoms with Crippen LogP contribution in [0.4, 0.5) is 0 Å². The number of halogens is 1. The van der Waals surface area contributed by atoms with Crippen LogP contribution < -0.4 is 11.5 Å². The molecule has 2 bridgehead atoms. The molecule has 0 aromatic carbocycles. The van der Waals surface area contributed by atoms with Crippen molar-refractivity contribution in [2.45, 2.75) is 25.3 Å². The second-order valence-corrected chi connectivity index (χ2v) is 3.84. The van der Waals surface area contributed by atoms with Gasteiger partial charge in [0, 0.05) is 6.04 Å². The molecule has 0 aromatic rings. The Bertz CT molecular complexity index is 195. The second-order valence-electron chi connectivity index (χ2n) is 3.84. The van der Waals surface area contributed by atoms with Gasteiger partial charge in [0.05, 0.1) is 5.92 Å². The molecule has 2 rings (SSSR count). The van der Waals surface area contributed by atoms with Gasteiger partial charge >= 0.3 is 0 Å². The van der Waals surface area contributed by atoms with E-state index in [0.29, 0.717) is 11.8 Å². The highest BCUT2D eigenvalue weighted by molar-refractivity contribution is 5.85. The molecular weight excluding hydrogens is 176 g/mol. The summed E-state index contributed by atoms with van der Waals surface area (Å²) in [5.74, 6) is 0.878. The minimum absolute atomic E-state index is 0. The molecule has 0 radical (unpaired) electrons. The van der Waals surface area contributed by atoms with Gasteiger partial charge in [-0.25, -0.2) is 0 Å². The van der Waals surface area contributed by atoms with E-state index >= 15 is 0 Å². The van der Waals surface area contributed by atoms with Crippen LogP contribution in [-0.4, -0.2) is 11.9 Å². The Hall–Kier alpha value is -0.280. The fraction of sp³-hybridized carbons (Fsp3) is 0.875. The van der Waals surface area contributed by atoms with Crippen LogP contribution in [0.1, 0.15) is 19.3 Å². The smallest absolute Gasteiger partial charge is 0.222 e. The molecule has 12 heavy (non-hydrogen) atoms. The third-order valence-electron chi connectivity index (χ3n) is 3.31. The number of rotatable bonds is 1. The minimum atomic E-state index is -0.190. The van der Waals surface area contributed by atoms with Gasteiger partial charge in [-0.3, -0.25) is 4.79 Å². The lowest BCUT2D eigenvalue weighted by Gasteiger charge is -2.24. The number of primary amides is 1. The summed E-state index contributed by atoms with van der Waals surface area (Å²) in [7, 11) is 0. The molecule has 4 heteroatoms. The molecular formula is C8H15ClN2O. The molecule has 4 atom stereocenters. The molecule has 2 saturated carbocycles. The van der Waals surface area contributed by atoms with Crippen molar-refractivity contribution < 1.29 is 4.79 Å². The number of carbonyl (C=O) groups excluding carboxylic acids is 1. The van der Waals surface area contributed by atoms with Crippen LogP contribution in [-0.2, 0) is 4.79 Å². The summed E-state index contributed by atoms with van der Waals surface area (Å²) in [5, 5.41) is 0. The predicted octanol–water partition coefficient (Wildman–Crippen LogP) is 0.267. The molecule has 4 unspecified atom stereocenters. The van der Waals surface area contributed by atoms with Crippen molar-refractivity contribution in [3.05, 3.63) is 0 Å². The van der Waals surface area contributed by atoms with Gasteiger partial charge in [0.1, 0.15) is 0 Å². The lowest BCUT2D eigenvalue weighted by molar-refractivity contribution is -0.123. The molecule has 2 aliphatic carbocycles. The standard InChI is InChI=1S/C8H14N2O.ClH/c9-7-5-2-1-4(3-5)6(7)8(10)11;/h4-7H,1-3,9H2,(H2,10,11);1H. The molecule has 0 aliphatic heterocycles. The summed E-state index contributed by atoms with van der Waals surface area (Å²) in [6.45, 7) is 0. The first-order valence-corrected chi connectivity index (χ1v) is 4.25. The Morgan fingerprint density at radius 3 is 2.17 bits per heavy atom. The van der Waals surface area contributed by atoms with E-state index < -0.39 is 0 Å². The summed E-state index contributed by atoms with van der Waals surface area (Å²) >= 11 is 0. The van der Waals surface area contributed by atoms with Crippen molar-refractivity contribution in [2.24, 2.45) is 29.2 Å². The molecule has 2 aliphatic rings. The van der Waals surface area contributed by atoms with Gasteiger partial charge in [0.2, 0.25) is 5.91 Å². The monoisotopic (exact) mass is 190 g/mol. The highest BCUT2D eigenvalue weighted by atomic mass is 35.5. The number of carbonyl (C=O) groups is 1. The highest BCUT2D eigenvalue weighted by Gasteiger charge is 2.48. The van der Waals surface area contributed by atoms with Gasteiger partial charge in [0.15, 0.2) is 0 Å². The Kier molecular flexibility index (Phi) is 2.64. The van der Waals surface area contributed by atoms with Crippen molar-refractivity contribution in [1.29, 1.82) is 0 Å². The number of fused-ring (bicyclic) bond motifs is 2. The van der Waals surface area contributed by atoms with E-state index in [-0.39, 0.29) is 30.3 Å². The Morgan fingerprint density at radius 2 is 1.83 bits per heavy atom. The predicted molar refractivity (Wildman–Crippen MR) is 48.7 cm³/mol. The maximum Gasteiger partial charge on any atom is 0.222 e. The summed E-state index contributed by atoms with van der Waals surface area (Å²) < 4.78 is 0. The van der Waals surface area contributed by atoms with Crippen LogP contribution in [0, 0.1) is 17.8 Å². The molecule has 1 amide bonds. The average molecular weight is 191 g/mol. The molecule has 4 N–H and O–H groups in total. The van der Waals surface area contributed by atoms with E-state index in [1.165, 1.54) is 6.42 Å². The van der Waals surface area contributed by atoms with Crippen LogP contribution >= 0.6 is 12.4 Å². The highest BCUT2D eigenvalue weighted by Crippen LogP contribution is 2.47. The van der Waals surface area contributed by atoms with E-state index in [0.717, 1.165) is 12.8 Å². The van der Waals surface area contributed by atoms with E-state index in [1.54, 1.807) is 0 Å². The van der Waals surface area contributed by atoms with Crippen LogP contribution in [0.5, 0.6) is 0 Å². The zero-order valence-electron chi connectivity index (χ0n) is 6.90. The number of hydrogen-bond acceptors (Lipinski definition) is 2. The number of amides is 1. The molecule has 3 nitrogen and oxygen atoms in total. The van der Waals surface area contributed by atoms with Crippen LogP contribution in [0.25, 0.3) is 0 Å². The fourth-order valence-electron chi connectivity index (χ4n) is 2.76. The molecule has 0 heterocycles. The van der Waals surface area contributed by atoms with E-state index in [1.807, 2.05) is 0 Å². The Labute approximate surface area is 78.3 Å². The first-order chi connectivity index (χ1) is 5.20. The minimum Gasteiger partial charge on any atom is -0.369 e. The molecule has 2 fully saturated rings. The SMILES string of the molecule is Cl.NC(=O)C1C2CCC(C2)C1N. The fourth-order valence-corrected chi connectivity index (χ4v) is 2.76. The van der Waals surface area contributed by atoms with Gasteiger partial charge < -0.3 is 11.5 Å². The number of hydrogen-bond donors (Lipinski definition) is 2. The summed E-state index contributed by atoms with van der Waals surface area (Å²) in [6, 6.07) is 0.0613. The first-order valence-electron chi connectivity index (χ1n) is 4.25. The summed E-state index contributed by atoms with van der Waals surface area (Å²) in [4.78, 5) is 10.9. The lowest BCUT2D eigenvalue weighted by Crippen LogP contribution is -2.43. The topological polar surface area (TPSA) is 69.1 Å². The zero-order chi connectivity index (χ0) is 8.01. The number of nitrogens with two attached hydrogens (primary N) is 2. The van der Waals surface area contributed by atoms with Gasteiger partial charge in [-0.1, -0.05) is 0 Å². The summed E-state index contributed by atoms with van der Waals surface area (Å²) in [5.41, 5.74) is 11.1. The summed E-state index contributed by atoms with van der Waals surface area (Å²) in [6.07, 6.45) is 3.50. The molecule has 70 valence electrons. The van der Waals surface area contributed by atoms with Crippen LogP contribution in [0.15, 0.2) is 0 Å². The molecule has 0 saturated heterocycles. The van der Waals surface area contributed by atoms with Gasteiger partial charge in [-0.05, 0) is 31.1 Å². The van der Waals surface area contributed by atoms with Crippen molar-refractivity contribution >= 4 is 18.3 Å². The van der Waals surface area contributed by atoms with Gasteiger partial charge in [0.25, 0.3) is 0 Å². The maximum atomic E-state index is 10.9. The quantitative estimate of drug-likeness (QED) is 0.623. The largest absolute Gasteiger partial charge is 0.369 e.